The molecule has 0 unspecified atom stereocenters. The molecule has 0 atom stereocenters. The number of nitrogens with one attached hydrogen (secondary N) is 1. The summed E-state index contributed by atoms with van der Waals surface area (Å²) in [6.45, 7) is 1.22. The molecule has 0 radical (unpaired) electrons. The molecule has 0 bridgehead atoms. The summed E-state index contributed by atoms with van der Waals surface area (Å²) in [4.78, 5) is 16.8. The van der Waals surface area contributed by atoms with Gasteiger partial charge in [0.25, 0.3) is 5.91 Å². The number of hydrogen-bond acceptors (Lipinski definition) is 8. The van der Waals surface area contributed by atoms with Gasteiger partial charge >= 0.3 is 0 Å². The zero-order valence-electron chi connectivity index (χ0n) is 16.6. The van der Waals surface area contributed by atoms with Gasteiger partial charge in [0.1, 0.15) is 5.75 Å². The van der Waals surface area contributed by atoms with E-state index in [1.807, 2.05) is 0 Å². The van der Waals surface area contributed by atoms with E-state index < -0.39 is 15.9 Å². The molecule has 1 fully saturated rings. The monoisotopic (exact) mass is 444 g/mol. The molecule has 3 heterocycles. The van der Waals surface area contributed by atoms with Crippen molar-refractivity contribution in [3.63, 3.8) is 0 Å². The van der Waals surface area contributed by atoms with Crippen LogP contribution in [0.4, 0.5) is 5.69 Å². The highest BCUT2D eigenvalue weighted by atomic mass is 32.2. The Bertz CT molecular complexity index is 1170. The molecule has 31 heavy (non-hydrogen) atoms. The molecule has 11 heteroatoms. The predicted molar refractivity (Wildman–Crippen MR) is 110 cm³/mol. The lowest BCUT2D eigenvalue weighted by Crippen LogP contribution is -2.40. The van der Waals surface area contributed by atoms with Crippen molar-refractivity contribution in [1.82, 2.24) is 14.4 Å². The van der Waals surface area contributed by atoms with Crippen molar-refractivity contribution < 1.29 is 27.2 Å². The van der Waals surface area contributed by atoms with Crippen LogP contribution in [-0.4, -0.2) is 62.2 Å². The van der Waals surface area contributed by atoms with Crippen molar-refractivity contribution in [2.75, 3.05) is 38.7 Å². The predicted octanol–water partition coefficient (Wildman–Crippen LogP) is 2.02. The van der Waals surface area contributed by atoms with Gasteiger partial charge in [0.15, 0.2) is 11.5 Å². The molecule has 1 aliphatic heterocycles. The topological polar surface area (TPSA) is 124 Å². The van der Waals surface area contributed by atoms with E-state index in [4.69, 9.17) is 14.0 Å². The molecule has 2 aromatic heterocycles. The van der Waals surface area contributed by atoms with E-state index in [1.165, 1.54) is 35.7 Å². The third-order valence-electron chi connectivity index (χ3n) is 4.72. The molecule has 0 spiro atoms. The fourth-order valence-electron chi connectivity index (χ4n) is 3.09. The molecule has 1 saturated heterocycles. The number of amides is 1. The fourth-order valence-corrected chi connectivity index (χ4v) is 4.53. The zero-order chi connectivity index (χ0) is 21.8. The van der Waals surface area contributed by atoms with E-state index in [0.717, 1.165) is 0 Å². The maximum absolute atomic E-state index is 12.9. The van der Waals surface area contributed by atoms with Gasteiger partial charge in [-0.2, -0.15) is 4.31 Å². The van der Waals surface area contributed by atoms with Gasteiger partial charge in [-0.25, -0.2) is 8.42 Å². The summed E-state index contributed by atoms with van der Waals surface area (Å²) in [6.07, 6.45) is 3.21. The normalized spacial score (nSPS) is 14.9. The second-order valence-corrected chi connectivity index (χ2v) is 8.59. The first-order valence-corrected chi connectivity index (χ1v) is 10.9. The van der Waals surface area contributed by atoms with Crippen molar-refractivity contribution in [3.05, 3.63) is 54.5 Å². The van der Waals surface area contributed by atoms with Crippen molar-refractivity contribution in [1.29, 1.82) is 0 Å². The van der Waals surface area contributed by atoms with Crippen LogP contribution in [0.15, 0.2) is 58.2 Å². The quantitative estimate of drug-likeness (QED) is 0.612. The van der Waals surface area contributed by atoms with Crippen LogP contribution in [0.1, 0.15) is 10.5 Å². The number of hydrogen-bond donors (Lipinski definition) is 1. The first-order valence-electron chi connectivity index (χ1n) is 9.43. The van der Waals surface area contributed by atoms with Crippen LogP contribution >= 0.6 is 0 Å². The molecular formula is C20H20N4O6S. The molecule has 1 aliphatic rings. The lowest BCUT2D eigenvalue weighted by Gasteiger charge is -2.26. The molecule has 10 nitrogen and oxygen atoms in total. The van der Waals surface area contributed by atoms with Gasteiger partial charge < -0.3 is 19.3 Å². The minimum atomic E-state index is -3.74. The molecule has 1 amide bonds. The Labute approximate surface area is 178 Å². The number of rotatable bonds is 6. The summed E-state index contributed by atoms with van der Waals surface area (Å²) in [5, 5.41) is 6.44. The first-order chi connectivity index (χ1) is 15.0. The minimum absolute atomic E-state index is 0.0299. The minimum Gasteiger partial charge on any atom is -0.495 e. The van der Waals surface area contributed by atoms with Crippen LogP contribution < -0.4 is 10.1 Å². The lowest BCUT2D eigenvalue weighted by atomic mass is 10.2. The number of anilines is 1. The van der Waals surface area contributed by atoms with Gasteiger partial charge in [0.05, 0.1) is 30.9 Å². The highest BCUT2D eigenvalue weighted by Crippen LogP contribution is 2.30. The van der Waals surface area contributed by atoms with Crippen LogP contribution in [0.2, 0.25) is 0 Å². The Kier molecular flexibility index (Phi) is 5.98. The van der Waals surface area contributed by atoms with Gasteiger partial charge in [-0.3, -0.25) is 9.78 Å². The Morgan fingerprint density at radius 3 is 2.71 bits per heavy atom. The van der Waals surface area contributed by atoms with Gasteiger partial charge in [0.2, 0.25) is 10.0 Å². The number of carbonyl (C=O) groups excluding carboxylic acids is 1. The van der Waals surface area contributed by atoms with E-state index in [1.54, 1.807) is 24.5 Å². The molecule has 1 N–H and O–H groups in total. The third kappa shape index (κ3) is 4.43. The summed E-state index contributed by atoms with van der Waals surface area (Å²) in [6, 6.07) is 9.29. The Morgan fingerprint density at radius 2 is 2.00 bits per heavy atom. The Balaban J connectivity index is 1.58. The molecule has 3 aromatic rings. The van der Waals surface area contributed by atoms with E-state index in [0.29, 0.717) is 30.3 Å². The van der Waals surface area contributed by atoms with E-state index >= 15 is 0 Å². The summed E-state index contributed by atoms with van der Waals surface area (Å²) in [5.74, 6) is 0.122. The van der Waals surface area contributed by atoms with E-state index in [2.05, 4.69) is 15.5 Å². The van der Waals surface area contributed by atoms with Crippen LogP contribution in [0.25, 0.3) is 11.3 Å². The van der Waals surface area contributed by atoms with Gasteiger partial charge in [-0.1, -0.05) is 5.16 Å². The summed E-state index contributed by atoms with van der Waals surface area (Å²) in [7, 11) is -2.31. The van der Waals surface area contributed by atoms with Crippen molar-refractivity contribution in [3.8, 4) is 17.1 Å². The van der Waals surface area contributed by atoms with E-state index in [-0.39, 0.29) is 29.4 Å². The van der Waals surface area contributed by atoms with Gasteiger partial charge in [-0.05, 0) is 30.3 Å². The number of ether oxygens (including phenoxy) is 2. The zero-order valence-corrected chi connectivity index (χ0v) is 17.5. The molecule has 0 aliphatic carbocycles. The number of aromatic nitrogens is 2. The Hall–Kier alpha value is -3.28. The highest BCUT2D eigenvalue weighted by Gasteiger charge is 2.27. The average Bonchev–Trinajstić information content (AvgIpc) is 3.31. The molecule has 0 saturated carbocycles. The van der Waals surface area contributed by atoms with Crippen LogP contribution in [0, 0.1) is 0 Å². The third-order valence-corrected chi connectivity index (χ3v) is 6.61. The number of pyridine rings is 1. The summed E-state index contributed by atoms with van der Waals surface area (Å²) >= 11 is 0. The SMILES string of the molecule is COc1ccc(S(=O)(=O)N2CCOCC2)cc1NC(=O)c1cc(-c2cccnc2)on1. The largest absolute Gasteiger partial charge is 0.495 e. The van der Waals surface area contributed by atoms with Crippen molar-refractivity contribution in [2.45, 2.75) is 4.90 Å². The number of carbonyl (C=O) groups is 1. The number of methoxy groups -OCH3 is 1. The molecule has 162 valence electrons. The summed E-state index contributed by atoms with van der Waals surface area (Å²) in [5.41, 5.74) is 0.903. The number of benzene rings is 1. The second kappa shape index (κ2) is 8.84. The molecule has 1 aromatic carbocycles. The van der Waals surface area contributed by atoms with Crippen LogP contribution in [-0.2, 0) is 14.8 Å². The number of sulfonamides is 1. The fraction of sp³-hybridized carbons (Fsp3) is 0.250. The van der Waals surface area contributed by atoms with E-state index in [9.17, 15) is 13.2 Å². The van der Waals surface area contributed by atoms with Gasteiger partial charge in [-0.15, -0.1) is 0 Å². The molecule has 4 rings (SSSR count). The Morgan fingerprint density at radius 1 is 1.19 bits per heavy atom. The standard InChI is InChI=1S/C20H20N4O6S/c1-28-18-5-4-15(31(26,27)24-7-9-29-10-8-24)11-16(18)22-20(25)17-12-19(30-23-17)14-3-2-6-21-13-14/h2-6,11-13H,7-10H2,1H3,(H,22,25). The van der Waals surface area contributed by atoms with Gasteiger partial charge in [0, 0.05) is 37.1 Å². The van der Waals surface area contributed by atoms with Crippen LogP contribution in [0.3, 0.4) is 0 Å². The maximum atomic E-state index is 12.9. The average molecular weight is 444 g/mol. The first kappa shape index (κ1) is 21.0. The smallest absolute Gasteiger partial charge is 0.277 e. The number of morpholine rings is 1. The highest BCUT2D eigenvalue weighted by molar-refractivity contribution is 7.89. The summed E-state index contributed by atoms with van der Waals surface area (Å²) < 4.78 is 43.0. The maximum Gasteiger partial charge on any atom is 0.277 e. The van der Waals surface area contributed by atoms with Crippen molar-refractivity contribution in [2.24, 2.45) is 0 Å². The number of nitrogens with zero attached hydrogens (tertiary/aromatic N) is 3. The molecular weight excluding hydrogens is 424 g/mol. The van der Waals surface area contributed by atoms with Crippen molar-refractivity contribution >= 4 is 21.6 Å². The van der Waals surface area contributed by atoms with Crippen LogP contribution in [0.5, 0.6) is 5.75 Å². The lowest BCUT2D eigenvalue weighted by molar-refractivity contribution is 0.0730. The second-order valence-electron chi connectivity index (χ2n) is 6.65.